The van der Waals surface area contributed by atoms with Crippen molar-refractivity contribution >= 4 is 21.6 Å². The van der Waals surface area contributed by atoms with Crippen LogP contribution >= 0.6 is 0 Å². The Bertz CT molecular complexity index is 954. The Labute approximate surface area is 165 Å². The summed E-state index contributed by atoms with van der Waals surface area (Å²) in [5.41, 5.74) is 0.455. The highest BCUT2D eigenvalue weighted by molar-refractivity contribution is 7.89. The standard InChI is InChI=1S/C18H17F3N2O5S/c19-18(20,21)28-15-5-1-13(2-6-15)17(24)22-14-3-7-16(8-4-14)29(25,26)23-9-11-27-12-10-23/h1-8H,9-12H2,(H,22,24). The van der Waals surface area contributed by atoms with Crippen LogP contribution in [-0.4, -0.2) is 51.3 Å². The van der Waals surface area contributed by atoms with Gasteiger partial charge in [-0.1, -0.05) is 0 Å². The number of ether oxygens (including phenoxy) is 2. The second kappa shape index (κ2) is 8.39. The number of amides is 1. The molecule has 11 heteroatoms. The van der Waals surface area contributed by atoms with Gasteiger partial charge in [0.2, 0.25) is 10.0 Å². The van der Waals surface area contributed by atoms with E-state index in [2.05, 4.69) is 10.1 Å². The van der Waals surface area contributed by atoms with Crippen LogP contribution in [0.4, 0.5) is 18.9 Å². The van der Waals surface area contributed by atoms with Gasteiger partial charge in [-0.25, -0.2) is 8.42 Å². The number of nitrogens with zero attached hydrogens (tertiary/aromatic N) is 1. The molecular formula is C18H17F3N2O5S. The molecule has 0 aliphatic carbocycles. The third kappa shape index (κ3) is 5.46. The number of hydrogen-bond acceptors (Lipinski definition) is 5. The molecule has 0 unspecified atom stereocenters. The molecule has 0 bridgehead atoms. The number of anilines is 1. The molecule has 29 heavy (non-hydrogen) atoms. The fourth-order valence-corrected chi connectivity index (χ4v) is 4.07. The molecule has 1 heterocycles. The van der Waals surface area contributed by atoms with Crippen LogP contribution in [-0.2, 0) is 14.8 Å². The van der Waals surface area contributed by atoms with Crippen LogP contribution < -0.4 is 10.1 Å². The predicted octanol–water partition coefficient (Wildman–Crippen LogP) is 2.86. The molecule has 0 aromatic heterocycles. The van der Waals surface area contributed by atoms with Gasteiger partial charge >= 0.3 is 6.36 Å². The number of hydrogen-bond donors (Lipinski definition) is 1. The van der Waals surface area contributed by atoms with Gasteiger partial charge in [-0.2, -0.15) is 4.31 Å². The molecule has 1 aliphatic heterocycles. The van der Waals surface area contributed by atoms with E-state index in [4.69, 9.17) is 4.74 Å². The van der Waals surface area contributed by atoms with Gasteiger partial charge in [0.25, 0.3) is 5.91 Å². The van der Waals surface area contributed by atoms with Crippen molar-refractivity contribution in [3.63, 3.8) is 0 Å². The number of benzene rings is 2. The van der Waals surface area contributed by atoms with Gasteiger partial charge in [-0.3, -0.25) is 4.79 Å². The summed E-state index contributed by atoms with van der Waals surface area (Å²) in [4.78, 5) is 12.3. The quantitative estimate of drug-likeness (QED) is 0.789. The molecule has 1 amide bonds. The van der Waals surface area contributed by atoms with E-state index in [0.29, 0.717) is 18.9 Å². The summed E-state index contributed by atoms with van der Waals surface area (Å²) in [7, 11) is -3.64. The number of sulfonamides is 1. The Morgan fingerprint density at radius 3 is 2.14 bits per heavy atom. The maximum Gasteiger partial charge on any atom is 0.573 e. The van der Waals surface area contributed by atoms with E-state index >= 15 is 0 Å². The first-order valence-corrected chi connectivity index (χ1v) is 9.94. The Hall–Kier alpha value is -2.63. The Morgan fingerprint density at radius 2 is 1.59 bits per heavy atom. The van der Waals surface area contributed by atoms with Crippen LogP contribution in [0.3, 0.4) is 0 Å². The number of nitrogens with one attached hydrogen (secondary N) is 1. The van der Waals surface area contributed by atoms with Gasteiger partial charge < -0.3 is 14.8 Å². The Balaban J connectivity index is 1.65. The average Bonchev–Trinajstić information content (AvgIpc) is 2.68. The topological polar surface area (TPSA) is 84.9 Å². The monoisotopic (exact) mass is 430 g/mol. The molecule has 0 saturated carbocycles. The van der Waals surface area contributed by atoms with E-state index in [-0.39, 0.29) is 23.5 Å². The van der Waals surface area contributed by atoms with Crippen molar-refractivity contribution in [3.8, 4) is 5.75 Å². The van der Waals surface area contributed by atoms with Gasteiger partial charge in [0.1, 0.15) is 5.75 Å². The lowest BCUT2D eigenvalue weighted by atomic mass is 10.2. The van der Waals surface area contributed by atoms with Gasteiger partial charge in [-0.15, -0.1) is 13.2 Å². The second-order valence-electron chi connectivity index (χ2n) is 6.07. The molecule has 0 spiro atoms. The zero-order chi connectivity index (χ0) is 21.1. The predicted molar refractivity (Wildman–Crippen MR) is 97.1 cm³/mol. The molecule has 2 aromatic rings. The summed E-state index contributed by atoms with van der Waals surface area (Å²) in [5.74, 6) is -1.00. The number of halogens is 3. The first-order chi connectivity index (χ1) is 13.6. The molecule has 1 fully saturated rings. The zero-order valence-corrected chi connectivity index (χ0v) is 15.8. The summed E-state index contributed by atoms with van der Waals surface area (Å²) in [6.45, 7) is 1.21. The van der Waals surface area contributed by atoms with Crippen molar-refractivity contribution in [2.75, 3.05) is 31.6 Å². The first kappa shape index (κ1) is 21.1. The maximum absolute atomic E-state index is 12.6. The van der Waals surface area contributed by atoms with Crippen molar-refractivity contribution in [1.29, 1.82) is 0 Å². The van der Waals surface area contributed by atoms with Gasteiger partial charge in [0.05, 0.1) is 18.1 Å². The summed E-state index contributed by atoms with van der Waals surface area (Å²) >= 11 is 0. The first-order valence-electron chi connectivity index (χ1n) is 8.50. The normalized spacial score (nSPS) is 15.7. The lowest BCUT2D eigenvalue weighted by Gasteiger charge is -2.26. The smallest absolute Gasteiger partial charge is 0.406 e. The van der Waals surface area contributed by atoms with Crippen LogP contribution in [0.2, 0.25) is 0 Å². The second-order valence-corrected chi connectivity index (χ2v) is 8.01. The number of rotatable bonds is 5. The van der Waals surface area contributed by atoms with Gasteiger partial charge in [-0.05, 0) is 48.5 Å². The maximum atomic E-state index is 12.6. The van der Waals surface area contributed by atoms with E-state index in [1.807, 2.05) is 0 Å². The van der Waals surface area contributed by atoms with Crippen LogP contribution in [0, 0.1) is 0 Å². The summed E-state index contributed by atoms with van der Waals surface area (Å²) < 4.78 is 71.9. The minimum atomic E-state index is -4.81. The number of carbonyl (C=O) groups excluding carboxylic acids is 1. The van der Waals surface area contributed by atoms with Gasteiger partial charge in [0.15, 0.2) is 0 Å². The SMILES string of the molecule is O=C(Nc1ccc(S(=O)(=O)N2CCOCC2)cc1)c1ccc(OC(F)(F)F)cc1. The fourth-order valence-electron chi connectivity index (χ4n) is 2.66. The molecule has 2 aromatic carbocycles. The van der Waals surface area contributed by atoms with E-state index in [1.54, 1.807) is 0 Å². The molecule has 1 aliphatic rings. The van der Waals surface area contributed by atoms with Gasteiger partial charge in [0, 0.05) is 24.3 Å². The lowest BCUT2D eigenvalue weighted by molar-refractivity contribution is -0.274. The largest absolute Gasteiger partial charge is 0.573 e. The molecule has 3 rings (SSSR count). The zero-order valence-electron chi connectivity index (χ0n) is 15.0. The van der Waals surface area contributed by atoms with E-state index in [0.717, 1.165) is 12.1 Å². The molecule has 0 radical (unpaired) electrons. The minimum absolute atomic E-state index is 0.0889. The third-order valence-electron chi connectivity index (χ3n) is 4.07. The number of morpholine rings is 1. The highest BCUT2D eigenvalue weighted by Crippen LogP contribution is 2.23. The minimum Gasteiger partial charge on any atom is -0.406 e. The van der Waals surface area contributed by atoms with Crippen LogP contribution in [0.15, 0.2) is 53.4 Å². The summed E-state index contributed by atoms with van der Waals surface area (Å²) in [6, 6.07) is 10.1. The Morgan fingerprint density at radius 1 is 1.00 bits per heavy atom. The number of alkyl halides is 3. The van der Waals surface area contributed by atoms with E-state index in [9.17, 15) is 26.4 Å². The highest BCUT2D eigenvalue weighted by Gasteiger charge is 2.31. The summed E-state index contributed by atoms with van der Waals surface area (Å²) in [6.07, 6.45) is -4.81. The average molecular weight is 430 g/mol. The fraction of sp³-hybridized carbons (Fsp3) is 0.278. The molecule has 1 N–H and O–H groups in total. The highest BCUT2D eigenvalue weighted by atomic mass is 32.2. The van der Waals surface area contributed by atoms with Crippen molar-refractivity contribution in [2.45, 2.75) is 11.3 Å². The van der Waals surface area contributed by atoms with E-state index in [1.165, 1.54) is 40.7 Å². The van der Waals surface area contributed by atoms with E-state index < -0.39 is 28.0 Å². The number of carbonyl (C=O) groups is 1. The lowest BCUT2D eigenvalue weighted by Crippen LogP contribution is -2.40. The third-order valence-corrected chi connectivity index (χ3v) is 5.98. The van der Waals surface area contributed by atoms with Crippen molar-refractivity contribution < 1.29 is 35.9 Å². The molecular weight excluding hydrogens is 413 g/mol. The van der Waals surface area contributed by atoms with Crippen LogP contribution in [0.1, 0.15) is 10.4 Å². The molecule has 0 atom stereocenters. The Kier molecular flexibility index (Phi) is 6.10. The summed E-state index contributed by atoms with van der Waals surface area (Å²) in [5, 5.41) is 2.55. The molecule has 156 valence electrons. The van der Waals surface area contributed by atoms with Crippen molar-refractivity contribution in [3.05, 3.63) is 54.1 Å². The van der Waals surface area contributed by atoms with Crippen molar-refractivity contribution in [2.24, 2.45) is 0 Å². The molecule has 7 nitrogen and oxygen atoms in total. The van der Waals surface area contributed by atoms with Crippen LogP contribution in [0.5, 0.6) is 5.75 Å². The van der Waals surface area contributed by atoms with Crippen LogP contribution in [0.25, 0.3) is 0 Å². The van der Waals surface area contributed by atoms with Crippen molar-refractivity contribution in [1.82, 2.24) is 4.31 Å². The molecule has 1 saturated heterocycles.